The number of rotatable bonds is 14. The minimum Gasteiger partial charge on any atom is -0.478 e. The molecule has 1 aliphatic heterocycles. The Kier molecular flexibility index (Phi) is 8.94. The van der Waals surface area contributed by atoms with Crippen LogP contribution in [0.4, 0.5) is 5.95 Å². The fourth-order valence-electron chi connectivity index (χ4n) is 4.09. The van der Waals surface area contributed by atoms with E-state index in [1.807, 2.05) is 30.3 Å². The van der Waals surface area contributed by atoms with Gasteiger partial charge in [-0.1, -0.05) is 54.0 Å². The highest BCUT2D eigenvalue weighted by atomic mass is 32.2. The zero-order chi connectivity index (χ0) is 27.7. The molecule has 0 saturated heterocycles. The molecule has 1 aromatic heterocycles. The molecule has 4 rings (SSSR count). The predicted molar refractivity (Wildman–Crippen MR) is 144 cm³/mol. The lowest BCUT2D eigenvalue weighted by Gasteiger charge is -2.32. The van der Waals surface area contributed by atoms with E-state index < -0.39 is 33.7 Å². The van der Waals surface area contributed by atoms with E-state index in [1.165, 1.54) is 18.3 Å². The van der Waals surface area contributed by atoms with Crippen molar-refractivity contribution in [3.05, 3.63) is 67.0 Å². The lowest BCUT2D eigenvalue weighted by atomic mass is 10.0. The number of carbonyl (C=O) groups is 2. The summed E-state index contributed by atoms with van der Waals surface area (Å²) in [5.74, 6) is -1.70. The van der Waals surface area contributed by atoms with Gasteiger partial charge in [-0.05, 0) is 42.5 Å². The second-order valence-corrected chi connectivity index (χ2v) is 10.7. The number of aromatic nitrogens is 2. The fraction of sp³-hybridized carbons (Fsp3) is 0.308. The number of nitrogens with zero attached hydrogens (tertiary/aromatic N) is 2. The number of amides is 1. The number of oxime groups is 1. The van der Waals surface area contributed by atoms with Gasteiger partial charge in [0.05, 0.1) is 4.90 Å². The van der Waals surface area contributed by atoms with Gasteiger partial charge in [0.1, 0.15) is 0 Å². The second kappa shape index (κ2) is 12.5. The van der Waals surface area contributed by atoms with Crippen LogP contribution in [-0.4, -0.2) is 59.9 Å². The average molecular weight is 555 g/mol. The number of carboxylic acid groups (broad SMARTS) is 1. The van der Waals surface area contributed by atoms with Crippen LogP contribution >= 0.6 is 0 Å². The van der Waals surface area contributed by atoms with E-state index in [0.717, 1.165) is 11.1 Å². The van der Waals surface area contributed by atoms with Crippen LogP contribution in [0.3, 0.4) is 0 Å². The Hall–Kier alpha value is -4.23. The van der Waals surface area contributed by atoms with E-state index in [0.29, 0.717) is 31.8 Å². The van der Waals surface area contributed by atoms with Gasteiger partial charge in [0.2, 0.25) is 21.8 Å². The van der Waals surface area contributed by atoms with Crippen molar-refractivity contribution in [1.82, 2.24) is 20.0 Å². The number of aliphatic carboxylic acids is 1. The molecule has 13 heteroatoms. The quantitative estimate of drug-likeness (QED) is 0.149. The zero-order valence-electron chi connectivity index (χ0n) is 21.0. The van der Waals surface area contributed by atoms with Crippen LogP contribution in [0, 0.1) is 0 Å². The van der Waals surface area contributed by atoms with Crippen LogP contribution in [0.5, 0.6) is 0 Å². The van der Waals surface area contributed by atoms with Crippen molar-refractivity contribution in [3.8, 4) is 11.1 Å². The first-order chi connectivity index (χ1) is 18.8. The van der Waals surface area contributed by atoms with Crippen molar-refractivity contribution < 1.29 is 28.0 Å². The maximum atomic E-state index is 13.4. The van der Waals surface area contributed by atoms with E-state index in [2.05, 4.69) is 30.5 Å². The molecule has 0 aliphatic carbocycles. The number of carbonyl (C=O) groups excluding carboxylic acids is 1. The Balaban J connectivity index is 1.48. The van der Waals surface area contributed by atoms with E-state index in [9.17, 15) is 23.1 Å². The number of H-pyrrole nitrogens is 1. The summed E-state index contributed by atoms with van der Waals surface area (Å²) in [7, 11) is -4.35. The first-order valence-electron chi connectivity index (χ1n) is 12.4. The van der Waals surface area contributed by atoms with Crippen molar-refractivity contribution >= 4 is 34.1 Å². The normalized spacial score (nSPS) is 16.3. The molecule has 0 bridgehead atoms. The molecule has 0 radical (unpaired) electrons. The van der Waals surface area contributed by atoms with Crippen molar-refractivity contribution in [2.24, 2.45) is 5.16 Å². The Morgan fingerprint density at radius 3 is 2.44 bits per heavy atom. The highest BCUT2D eigenvalue weighted by Crippen LogP contribution is 2.23. The van der Waals surface area contributed by atoms with Crippen molar-refractivity contribution in [1.29, 1.82) is 0 Å². The first-order valence-corrected chi connectivity index (χ1v) is 13.9. The molecule has 2 aromatic carbocycles. The van der Waals surface area contributed by atoms with Crippen LogP contribution in [0.2, 0.25) is 0 Å². The molecule has 1 amide bonds. The maximum absolute atomic E-state index is 13.4. The highest BCUT2D eigenvalue weighted by molar-refractivity contribution is 7.89. The van der Waals surface area contributed by atoms with Gasteiger partial charge in [-0.15, -0.1) is 0 Å². The largest absolute Gasteiger partial charge is 0.478 e. The number of carboxylic acids is 1. The molecule has 12 nitrogen and oxygen atoms in total. The average Bonchev–Trinajstić information content (AvgIpc) is 3.66. The standard InChI is InChI=1S/C26H30N6O6S/c33-23(22-13-16-30-38-22)31-26(24(34)35,14-5-2-6-15-27-25-28-17-18-29-25)32-39(36,37)21-11-9-20(10-12-21)19-7-3-1-4-8-19/h1,3-4,7-12,16-18,22,32H,2,5-6,13-15H2,(H,31,33)(H,34,35)(H2,27,28,29). The summed E-state index contributed by atoms with van der Waals surface area (Å²) in [5, 5.41) is 19.2. The van der Waals surface area contributed by atoms with E-state index >= 15 is 0 Å². The Labute approximate surface area is 225 Å². The molecule has 39 heavy (non-hydrogen) atoms. The molecule has 2 unspecified atom stereocenters. The minimum atomic E-state index is -4.35. The molecule has 5 N–H and O–H groups in total. The molecule has 2 heterocycles. The van der Waals surface area contributed by atoms with Crippen molar-refractivity contribution in [2.45, 2.75) is 48.8 Å². The number of sulfonamides is 1. The molecule has 0 fully saturated rings. The number of imidazole rings is 1. The Morgan fingerprint density at radius 1 is 1.05 bits per heavy atom. The minimum absolute atomic E-state index is 0.134. The third-order valence-electron chi connectivity index (χ3n) is 6.18. The molecule has 2 atom stereocenters. The lowest BCUT2D eigenvalue weighted by Crippen LogP contribution is -2.66. The number of unbranched alkanes of at least 4 members (excludes halogenated alkanes) is 2. The van der Waals surface area contributed by atoms with E-state index in [4.69, 9.17) is 4.84 Å². The van der Waals surface area contributed by atoms with Crippen LogP contribution in [0.25, 0.3) is 11.1 Å². The second-order valence-electron chi connectivity index (χ2n) is 8.99. The monoisotopic (exact) mass is 554 g/mol. The first kappa shape index (κ1) is 27.8. The van der Waals surface area contributed by atoms with Gasteiger partial charge in [0.25, 0.3) is 5.91 Å². The summed E-state index contributed by atoms with van der Waals surface area (Å²) < 4.78 is 29.0. The number of hydrogen-bond acceptors (Lipinski definition) is 8. The maximum Gasteiger partial charge on any atom is 0.345 e. The molecule has 0 saturated carbocycles. The molecule has 0 spiro atoms. The zero-order valence-corrected chi connectivity index (χ0v) is 21.9. The number of benzene rings is 2. The third-order valence-corrected chi connectivity index (χ3v) is 7.69. The Morgan fingerprint density at radius 2 is 1.79 bits per heavy atom. The molecule has 1 aliphatic rings. The summed E-state index contributed by atoms with van der Waals surface area (Å²) in [6.45, 7) is 0.576. The third kappa shape index (κ3) is 7.21. The van der Waals surface area contributed by atoms with Gasteiger partial charge >= 0.3 is 5.97 Å². The van der Waals surface area contributed by atoms with Gasteiger partial charge in [-0.2, -0.15) is 4.72 Å². The summed E-state index contributed by atoms with van der Waals surface area (Å²) in [4.78, 5) is 37.2. The van der Waals surface area contributed by atoms with E-state index in [-0.39, 0.29) is 17.7 Å². The molecule has 206 valence electrons. The number of aromatic amines is 1. The van der Waals surface area contributed by atoms with Gasteiger partial charge in [-0.3, -0.25) is 4.79 Å². The number of nitrogens with one attached hydrogen (secondary N) is 4. The van der Waals surface area contributed by atoms with Crippen LogP contribution in [-0.2, 0) is 24.4 Å². The summed E-state index contributed by atoms with van der Waals surface area (Å²) in [6, 6.07) is 15.5. The van der Waals surface area contributed by atoms with Gasteiger partial charge in [0, 0.05) is 31.6 Å². The lowest BCUT2D eigenvalue weighted by molar-refractivity contribution is -0.151. The SMILES string of the molecule is O=C(NC(CCCCCNc1ncc[nH]1)(NS(=O)(=O)c1ccc(-c2ccccc2)cc1)C(=O)O)C1CC=NO1. The number of hydrogen-bond donors (Lipinski definition) is 5. The van der Waals surface area contributed by atoms with Crippen molar-refractivity contribution in [3.63, 3.8) is 0 Å². The summed E-state index contributed by atoms with van der Waals surface area (Å²) in [6.07, 6.45) is 5.14. The summed E-state index contributed by atoms with van der Waals surface area (Å²) in [5.41, 5.74) is -0.593. The van der Waals surface area contributed by atoms with Crippen molar-refractivity contribution in [2.75, 3.05) is 11.9 Å². The number of anilines is 1. The fourth-order valence-corrected chi connectivity index (χ4v) is 5.40. The highest BCUT2D eigenvalue weighted by Gasteiger charge is 2.45. The van der Waals surface area contributed by atoms with E-state index in [1.54, 1.807) is 24.5 Å². The molecular weight excluding hydrogens is 524 g/mol. The Bertz CT molecular complexity index is 1370. The van der Waals surface area contributed by atoms with Gasteiger partial charge < -0.3 is 25.6 Å². The predicted octanol–water partition coefficient (Wildman–Crippen LogP) is 2.70. The smallest absolute Gasteiger partial charge is 0.345 e. The summed E-state index contributed by atoms with van der Waals surface area (Å²) >= 11 is 0. The van der Waals surface area contributed by atoms with Gasteiger partial charge in [0.15, 0.2) is 5.95 Å². The van der Waals surface area contributed by atoms with Crippen LogP contribution in [0.15, 0.2) is 77.0 Å². The molecule has 3 aromatic rings. The van der Waals surface area contributed by atoms with Crippen LogP contribution in [0.1, 0.15) is 32.1 Å². The van der Waals surface area contributed by atoms with Gasteiger partial charge in [-0.25, -0.2) is 18.2 Å². The molecular formula is C26H30N6O6S. The topological polar surface area (TPSA) is 175 Å². The van der Waals surface area contributed by atoms with Crippen LogP contribution < -0.4 is 15.4 Å².